The summed E-state index contributed by atoms with van der Waals surface area (Å²) in [6.07, 6.45) is -3.16. The molecular weight excluding hydrogens is 521 g/mol. The predicted molar refractivity (Wildman–Crippen MR) is 136 cm³/mol. The van der Waals surface area contributed by atoms with E-state index in [2.05, 4.69) is 14.7 Å². The fourth-order valence-corrected chi connectivity index (χ4v) is 5.50. The smallest absolute Gasteiger partial charge is 0.418 e. The van der Waals surface area contributed by atoms with Gasteiger partial charge < -0.3 is 10.0 Å². The molecule has 1 aliphatic rings. The number of nitrogens with zero attached hydrogens (tertiary/aromatic N) is 3. The van der Waals surface area contributed by atoms with Gasteiger partial charge in [-0.1, -0.05) is 37.3 Å². The van der Waals surface area contributed by atoms with E-state index in [0.29, 0.717) is 31.4 Å². The topological polar surface area (TPSA) is 112 Å². The van der Waals surface area contributed by atoms with Crippen LogP contribution in [0.1, 0.15) is 37.8 Å². The Morgan fingerprint density at radius 2 is 1.84 bits per heavy atom. The molecule has 0 aliphatic carbocycles. The van der Waals surface area contributed by atoms with E-state index in [1.165, 1.54) is 18.2 Å². The van der Waals surface area contributed by atoms with Gasteiger partial charge in [0.25, 0.3) is 10.0 Å². The molecule has 1 fully saturated rings. The first-order valence-corrected chi connectivity index (χ1v) is 13.5. The summed E-state index contributed by atoms with van der Waals surface area (Å²) in [4.78, 5) is 21.7. The molecule has 2 aromatic heterocycles. The molecule has 3 heterocycles. The van der Waals surface area contributed by atoms with E-state index >= 15 is 0 Å². The van der Waals surface area contributed by atoms with E-state index in [1.807, 2.05) is 0 Å². The van der Waals surface area contributed by atoms with Gasteiger partial charge in [0.2, 0.25) is 0 Å². The second-order valence-corrected chi connectivity index (χ2v) is 11.1. The van der Waals surface area contributed by atoms with Crippen molar-refractivity contribution in [2.45, 2.75) is 44.3 Å². The summed E-state index contributed by atoms with van der Waals surface area (Å²) < 4.78 is 70.0. The van der Waals surface area contributed by atoms with Gasteiger partial charge in [-0.3, -0.25) is 9.52 Å². The molecule has 1 atom stereocenters. The van der Waals surface area contributed by atoms with Crippen molar-refractivity contribution in [3.8, 4) is 11.3 Å². The van der Waals surface area contributed by atoms with Gasteiger partial charge in [-0.15, -0.1) is 0 Å². The molecule has 1 aromatic carbocycles. The van der Waals surface area contributed by atoms with Crippen molar-refractivity contribution in [1.82, 2.24) is 9.97 Å². The van der Waals surface area contributed by atoms with Crippen molar-refractivity contribution in [2.75, 3.05) is 22.7 Å². The molecular formula is C26H27F3N4O4S. The van der Waals surface area contributed by atoms with Crippen LogP contribution in [0.4, 0.5) is 24.8 Å². The molecule has 0 radical (unpaired) electrons. The Hall–Kier alpha value is -3.67. The van der Waals surface area contributed by atoms with Crippen molar-refractivity contribution in [3.63, 3.8) is 0 Å². The number of alkyl halides is 3. The summed E-state index contributed by atoms with van der Waals surface area (Å²) in [5.74, 6) is -0.943. The number of carbonyl (C=O) groups is 1. The number of aliphatic carboxylic acids is 1. The Morgan fingerprint density at radius 3 is 2.53 bits per heavy atom. The lowest BCUT2D eigenvalue weighted by atomic mass is 9.82. The summed E-state index contributed by atoms with van der Waals surface area (Å²) in [5, 5.41) is 9.22. The number of pyridine rings is 2. The van der Waals surface area contributed by atoms with Crippen LogP contribution in [0.2, 0.25) is 0 Å². The summed E-state index contributed by atoms with van der Waals surface area (Å²) in [6.45, 7) is 4.10. The number of anilines is 2. The molecule has 1 saturated heterocycles. The monoisotopic (exact) mass is 548 g/mol. The molecule has 3 aromatic rings. The van der Waals surface area contributed by atoms with Crippen molar-refractivity contribution in [3.05, 3.63) is 65.7 Å². The Kier molecular flexibility index (Phi) is 7.37. The van der Waals surface area contributed by atoms with E-state index < -0.39 is 33.1 Å². The number of aromatic nitrogens is 2. The van der Waals surface area contributed by atoms with Crippen molar-refractivity contribution < 1.29 is 31.5 Å². The highest BCUT2D eigenvalue weighted by atomic mass is 32.2. The molecule has 0 amide bonds. The molecule has 8 nitrogen and oxygen atoms in total. The number of rotatable bonds is 7. The Morgan fingerprint density at radius 1 is 1.11 bits per heavy atom. The van der Waals surface area contributed by atoms with Crippen LogP contribution >= 0.6 is 0 Å². The zero-order valence-electron chi connectivity index (χ0n) is 20.8. The number of sulfonamides is 1. The van der Waals surface area contributed by atoms with Gasteiger partial charge >= 0.3 is 12.1 Å². The lowest BCUT2D eigenvalue weighted by Gasteiger charge is -2.38. The molecule has 0 bridgehead atoms. The van der Waals surface area contributed by atoms with Gasteiger partial charge in [-0.05, 0) is 56.0 Å². The van der Waals surface area contributed by atoms with Crippen molar-refractivity contribution in [1.29, 1.82) is 0 Å². The summed E-state index contributed by atoms with van der Waals surface area (Å²) >= 11 is 0. The highest BCUT2D eigenvalue weighted by Crippen LogP contribution is 2.38. The molecule has 0 unspecified atom stereocenters. The number of benzene rings is 1. The summed E-state index contributed by atoms with van der Waals surface area (Å²) in [7, 11) is -4.33. The summed E-state index contributed by atoms with van der Waals surface area (Å²) in [6, 6.07) is 12.6. The average Bonchev–Trinajstić information content (AvgIpc) is 2.88. The zero-order valence-corrected chi connectivity index (χ0v) is 21.6. The van der Waals surface area contributed by atoms with E-state index in [0.717, 1.165) is 12.1 Å². The molecule has 1 aliphatic heterocycles. The number of carboxylic acid groups (broad SMARTS) is 1. The molecule has 38 heavy (non-hydrogen) atoms. The Balaban J connectivity index is 1.68. The number of hydrogen-bond acceptors (Lipinski definition) is 6. The van der Waals surface area contributed by atoms with Crippen LogP contribution in [0, 0.1) is 5.41 Å². The fourth-order valence-electron chi connectivity index (χ4n) is 4.54. The van der Waals surface area contributed by atoms with E-state index in [9.17, 15) is 31.5 Å². The number of piperidine rings is 1. The zero-order chi connectivity index (χ0) is 27.7. The van der Waals surface area contributed by atoms with E-state index in [4.69, 9.17) is 0 Å². The molecule has 4 rings (SSSR count). The highest BCUT2D eigenvalue weighted by molar-refractivity contribution is 7.92. The van der Waals surface area contributed by atoms with Crippen LogP contribution in [-0.2, 0) is 27.4 Å². The minimum Gasteiger partial charge on any atom is -0.481 e. The number of carboxylic acids is 1. The van der Waals surface area contributed by atoms with Crippen LogP contribution in [0.15, 0.2) is 59.6 Å². The third-order valence-corrected chi connectivity index (χ3v) is 7.87. The predicted octanol–water partition coefficient (Wildman–Crippen LogP) is 5.22. The number of nitrogens with one attached hydrogen (secondary N) is 1. The van der Waals surface area contributed by atoms with E-state index in [-0.39, 0.29) is 34.5 Å². The quantitative estimate of drug-likeness (QED) is 0.417. The lowest BCUT2D eigenvalue weighted by molar-refractivity contribution is -0.148. The minimum atomic E-state index is -4.70. The van der Waals surface area contributed by atoms with Crippen LogP contribution < -0.4 is 9.62 Å². The maximum absolute atomic E-state index is 13.8. The maximum atomic E-state index is 13.8. The van der Waals surface area contributed by atoms with E-state index in [1.54, 1.807) is 43.0 Å². The highest BCUT2D eigenvalue weighted by Gasteiger charge is 2.39. The standard InChI is InChI=1S/C26H27F3N4O4S/c1-3-17-8-4-5-9-18(17)23-19(26(27,28)29)12-13-20(30-23)32-38(36,37)22-11-6-10-21(31-22)33-15-7-14-25(2,16-33)24(34)35/h4-6,8-13H,3,7,14-16H2,1-2H3,(H,30,32)(H,34,35)/t25-/m1/s1. The van der Waals surface area contributed by atoms with Gasteiger partial charge in [0.1, 0.15) is 11.6 Å². The second-order valence-electron chi connectivity index (χ2n) is 9.43. The first-order chi connectivity index (χ1) is 17.8. The van der Waals surface area contributed by atoms with Gasteiger partial charge in [0, 0.05) is 18.7 Å². The first-order valence-electron chi connectivity index (χ1n) is 12.0. The minimum absolute atomic E-state index is 0.160. The normalized spacial score (nSPS) is 18.3. The fraction of sp³-hybridized carbons (Fsp3) is 0.346. The van der Waals surface area contributed by atoms with Gasteiger partial charge in [-0.2, -0.15) is 21.6 Å². The van der Waals surface area contributed by atoms with Crippen LogP contribution in [0.3, 0.4) is 0 Å². The van der Waals surface area contributed by atoms with Crippen LogP contribution in [-0.4, -0.2) is 42.6 Å². The third kappa shape index (κ3) is 5.59. The Bertz CT molecular complexity index is 1460. The maximum Gasteiger partial charge on any atom is 0.418 e. The van der Waals surface area contributed by atoms with Gasteiger partial charge in [-0.25, -0.2) is 9.97 Å². The Labute approximate surface area is 218 Å². The number of halogens is 3. The van der Waals surface area contributed by atoms with Gasteiger partial charge in [0.15, 0.2) is 5.03 Å². The largest absolute Gasteiger partial charge is 0.481 e. The molecule has 12 heteroatoms. The summed E-state index contributed by atoms with van der Waals surface area (Å²) in [5.41, 5.74) is -1.46. The van der Waals surface area contributed by atoms with Crippen molar-refractivity contribution >= 4 is 27.6 Å². The third-order valence-electron chi connectivity index (χ3n) is 6.61. The molecule has 202 valence electrons. The second kappa shape index (κ2) is 10.2. The molecule has 0 saturated carbocycles. The molecule has 0 spiro atoms. The SMILES string of the molecule is CCc1ccccc1-c1nc(NS(=O)(=O)c2cccc(N3CCC[C@@](C)(C(=O)O)C3)n2)ccc1C(F)(F)F. The number of hydrogen-bond donors (Lipinski definition) is 2. The van der Waals surface area contributed by atoms with Gasteiger partial charge in [0.05, 0.1) is 16.7 Å². The van der Waals surface area contributed by atoms with Crippen LogP contribution in [0.5, 0.6) is 0 Å². The number of aryl methyl sites for hydroxylation is 1. The average molecular weight is 549 g/mol. The van der Waals surface area contributed by atoms with Crippen molar-refractivity contribution in [2.24, 2.45) is 5.41 Å². The lowest BCUT2D eigenvalue weighted by Crippen LogP contribution is -2.46. The molecule has 2 N–H and O–H groups in total. The van der Waals surface area contributed by atoms with Crippen LogP contribution in [0.25, 0.3) is 11.3 Å². The first kappa shape index (κ1) is 27.4.